The van der Waals surface area contributed by atoms with Gasteiger partial charge in [-0.1, -0.05) is 12.1 Å². The van der Waals surface area contributed by atoms with Crippen LogP contribution in [-0.2, 0) is 0 Å². The summed E-state index contributed by atoms with van der Waals surface area (Å²) in [4.78, 5) is 11.9. The van der Waals surface area contributed by atoms with Crippen LogP contribution in [0.2, 0.25) is 0 Å². The lowest BCUT2D eigenvalue weighted by atomic mass is 10.2. The minimum absolute atomic E-state index is 0.121. The Morgan fingerprint density at radius 1 is 1.25 bits per heavy atom. The fourth-order valence-corrected chi connectivity index (χ4v) is 2.13. The third-order valence-electron chi connectivity index (χ3n) is 2.33. The third kappa shape index (κ3) is 1.88. The molecule has 0 saturated heterocycles. The number of hydrogen-bond acceptors (Lipinski definition) is 2. The summed E-state index contributed by atoms with van der Waals surface area (Å²) < 4.78 is 2.51. The molecule has 1 aromatic carbocycles. The zero-order chi connectivity index (χ0) is 11.7. The summed E-state index contributed by atoms with van der Waals surface area (Å²) in [5.41, 5.74) is 7.63. The number of nitrogens with zero attached hydrogens (tertiary/aromatic N) is 1. The molecule has 0 saturated carbocycles. The maximum absolute atomic E-state index is 11.9. The van der Waals surface area contributed by atoms with Gasteiger partial charge in [0.15, 0.2) is 0 Å². The summed E-state index contributed by atoms with van der Waals surface area (Å²) in [5, 5.41) is 0. The minimum atomic E-state index is -0.121. The first-order chi connectivity index (χ1) is 7.59. The average Bonchev–Trinajstić information content (AvgIpc) is 2.19. The van der Waals surface area contributed by atoms with Crippen molar-refractivity contribution in [3.8, 4) is 5.69 Å². The number of halogens is 1. The number of rotatable bonds is 1. The zero-order valence-electron chi connectivity index (χ0n) is 8.77. The highest BCUT2D eigenvalue weighted by Crippen LogP contribution is 2.20. The first-order valence-electron chi connectivity index (χ1n) is 4.83. The van der Waals surface area contributed by atoms with E-state index in [1.807, 2.05) is 31.2 Å². The molecule has 0 spiro atoms. The van der Waals surface area contributed by atoms with Crippen LogP contribution in [0, 0.1) is 6.92 Å². The largest absolute Gasteiger partial charge is 0.399 e. The summed E-state index contributed by atoms with van der Waals surface area (Å²) in [6, 6.07) is 10.8. The van der Waals surface area contributed by atoms with E-state index in [4.69, 9.17) is 5.73 Å². The fraction of sp³-hybridized carbons (Fsp3) is 0.0833. The molecule has 0 bridgehead atoms. The van der Waals surface area contributed by atoms with Gasteiger partial charge in [-0.3, -0.25) is 9.36 Å². The minimum Gasteiger partial charge on any atom is -0.399 e. The third-order valence-corrected chi connectivity index (χ3v) is 3.00. The van der Waals surface area contributed by atoms with Crippen molar-refractivity contribution in [3.05, 3.63) is 56.9 Å². The number of aryl methyl sites for hydroxylation is 1. The van der Waals surface area contributed by atoms with Crippen LogP contribution >= 0.6 is 15.9 Å². The van der Waals surface area contributed by atoms with Gasteiger partial charge in [0.1, 0.15) is 0 Å². The molecule has 0 radical (unpaired) electrons. The van der Waals surface area contributed by atoms with Crippen LogP contribution in [-0.4, -0.2) is 4.57 Å². The molecule has 0 atom stereocenters. The summed E-state index contributed by atoms with van der Waals surface area (Å²) >= 11 is 3.43. The van der Waals surface area contributed by atoms with Gasteiger partial charge in [-0.05, 0) is 41.1 Å². The van der Waals surface area contributed by atoms with Crippen molar-refractivity contribution in [1.82, 2.24) is 4.57 Å². The number of benzene rings is 1. The molecule has 2 rings (SSSR count). The molecule has 1 heterocycles. The van der Waals surface area contributed by atoms with Crippen molar-refractivity contribution < 1.29 is 0 Å². The van der Waals surface area contributed by atoms with Crippen molar-refractivity contribution in [1.29, 1.82) is 0 Å². The summed E-state index contributed by atoms with van der Waals surface area (Å²) in [6.45, 7) is 1.86. The first kappa shape index (κ1) is 11.0. The van der Waals surface area contributed by atoms with Crippen molar-refractivity contribution in [2.75, 3.05) is 5.73 Å². The number of pyridine rings is 1. The van der Waals surface area contributed by atoms with Crippen LogP contribution in [0.4, 0.5) is 5.69 Å². The average molecular weight is 279 g/mol. The first-order valence-corrected chi connectivity index (χ1v) is 5.63. The molecule has 4 heteroatoms. The SMILES string of the molecule is Cc1cc(N)cc(=O)n1-c1ccccc1Br. The van der Waals surface area contributed by atoms with E-state index in [0.717, 1.165) is 15.9 Å². The Morgan fingerprint density at radius 3 is 2.56 bits per heavy atom. The van der Waals surface area contributed by atoms with Crippen LogP contribution in [0.25, 0.3) is 5.69 Å². The Hall–Kier alpha value is -1.55. The Morgan fingerprint density at radius 2 is 1.94 bits per heavy atom. The maximum Gasteiger partial charge on any atom is 0.257 e. The van der Waals surface area contributed by atoms with E-state index in [1.54, 1.807) is 10.6 Å². The zero-order valence-corrected chi connectivity index (χ0v) is 10.4. The monoisotopic (exact) mass is 278 g/mol. The molecule has 16 heavy (non-hydrogen) atoms. The topological polar surface area (TPSA) is 48.0 Å². The van der Waals surface area contributed by atoms with Crippen LogP contribution in [0.3, 0.4) is 0 Å². The van der Waals surface area contributed by atoms with E-state index in [9.17, 15) is 4.79 Å². The van der Waals surface area contributed by atoms with Crippen molar-refractivity contribution in [3.63, 3.8) is 0 Å². The number of para-hydroxylation sites is 1. The number of anilines is 1. The van der Waals surface area contributed by atoms with Crippen molar-refractivity contribution in [2.24, 2.45) is 0 Å². The lowest BCUT2D eigenvalue weighted by molar-refractivity contribution is 0.932. The van der Waals surface area contributed by atoms with Crippen LogP contribution in [0.5, 0.6) is 0 Å². The molecular weight excluding hydrogens is 268 g/mol. The van der Waals surface area contributed by atoms with E-state index in [1.165, 1.54) is 6.07 Å². The highest BCUT2D eigenvalue weighted by atomic mass is 79.9. The number of hydrogen-bond donors (Lipinski definition) is 1. The van der Waals surface area contributed by atoms with Gasteiger partial charge in [-0.2, -0.15) is 0 Å². The fourth-order valence-electron chi connectivity index (χ4n) is 1.67. The van der Waals surface area contributed by atoms with E-state index < -0.39 is 0 Å². The van der Waals surface area contributed by atoms with Gasteiger partial charge >= 0.3 is 0 Å². The summed E-state index contributed by atoms with van der Waals surface area (Å²) in [5.74, 6) is 0. The number of aromatic nitrogens is 1. The standard InChI is InChI=1S/C12H11BrN2O/c1-8-6-9(14)7-12(16)15(8)11-5-3-2-4-10(11)13/h2-7H,14H2,1H3. The molecule has 1 aromatic heterocycles. The van der Waals surface area contributed by atoms with Gasteiger partial charge in [0.25, 0.3) is 5.56 Å². The van der Waals surface area contributed by atoms with Crippen molar-refractivity contribution in [2.45, 2.75) is 6.92 Å². The van der Waals surface area contributed by atoms with E-state index in [0.29, 0.717) is 5.69 Å². The van der Waals surface area contributed by atoms with Gasteiger partial charge in [-0.15, -0.1) is 0 Å². The van der Waals surface area contributed by atoms with Gasteiger partial charge in [0.05, 0.1) is 5.69 Å². The highest BCUT2D eigenvalue weighted by molar-refractivity contribution is 9.10. The molecule has 2 aromatic rings. The molecule has 0 aliphatic heterocycles. The summed E-state index contributed by atoms with van der Waals surface area (Å²) in [6.07, 6.45) is 0. The predicted molar refractivity (Wildman–Crippen MR) is 68.9 cm³/mol. The smallest absolute Gasteiger partial charge is 0.257 e. The van der Waals surface area contributed by atoms with Gasteiger partial charge in [0, 0.05) is 21.9 Å². The molecule has 2 N–H and O–H groups in total. The maximum atomic E-state index is 11.9. The Kier molecular flexibility index (Phi) is 2.83. The quantitative estimate of drug-likeness (QED) is 0.871. The number of nitrogen functional groups attached to an aromatic ring is 1. The molecule has 3 nitrogen and oxygen atoms in total. The van der Waals surface area contributed by atoms with Crippen LogP contribution in [0.15, 0.2) is 45.7 Å². The van der Waals surface area contributed by atoms with E-state index >= 15 is 0 Å². The molecule has 0 amide bonds. The lowest BCUT2D eigenvalue weighted by Gasteiger charge is -2.11. The Balaban J connectivity index is 2.75. The molecule has 0 aliphatic rings. The van der Waals surface area contributed by atoms with Gasteiger partial charge < -0.3 is 5.73 Å². The second kappa shape index (κ2) is 4.14. The molecule has 82 valence electrons. The second-order valence-corrected chi connectivity index (χ2v) is 4.41. The second-order valence-electron chi connectivity index (χ2n) is 3.56. The van der Waals surface area contributed by atoms with Crippen LogP contribution < -0.4 is 11.3 Å². The molecule has 0 aliphatic carbocycles. The predicted octanol–water partition coefficient (Wildman–Crippen LogP) is 2.49. The molecular formula is C12H11BrN2O. The Labute approximate surface area is 102 Å². The lowest BCUT2D eigenvalue weighted by Crippen LogP contribution is -2.20. The van der Waals surface area contributed by atoms with E-state index in [2.05, 4.69) is 15.9 Å². The van der Waals surface area contributed by atoms with Gasteiger partial charge in [-0.25, -0.2) is 0 Å². The van der Waals surface area contributed by atoms with Crippen LogP contribution in [0.1, 0.15) is 5.69 Å². The summed E-state index contributed by atoms with van der Waals surface area (Å²) in [7, 11) is 0. The van der Waals surface area contributed by atoms with Crippen molar-refractivity contribution >= 4 is 21.6 Å². The van der Waals surface area contributed by atoms with E-state index in [-0.39, 0.29) is 5.56 Å². The number of nitrogens with two attached hydrogens (primary N) is 1. The molecule has 0 unspecified atom stereocenters. The Bertz CT molecular complexity index is 590. The normalized spacial score (nSPS) is 10.4. The highest BCUT2D eigenvalue weighted by Gasteiger charge is 2.06. The van der Waals surface area contributed by atoms with Gasteiger partial charge in [0.2, 0.25) is 0 Å². The molecule has 0 fully saturated rings.